The van der Waals surface area contributed by atoms with Crippen molar-refractivity contribution in [2.24, 2.45) is 0 Å². The standard InChI is InChI=1S/C22H30O2.C13H12O2.C3H6.CH4/c1-2-3-4-5-6-7-11-18-23-21-14-16-22(17-15-21)24-19-20-12-9-8-10-13-20;14-12-6-8-13(9-7-12)15-10-11-4-2-1-3-5-11;1-3-2;/h8-10,12-17H,2-7,11,18-19H2,1H3;1-9,14H,10H2;3H,1H2,2H3;1H4. The SMILES string of the molecule is C.C=CC.CCCCCCCCCOc1ccc(OCc2ccccc2)cc1.Oc1ccc(OCc2ccccc2)cc1. The quantitative estimate of drug-likeness (QED) is 0.111. The Bertz CT molecular complexity index is 1170. The highest BCUT2D eigenvalue weighted by Gasteiger charge is 1.99. The van der Waals surface area contributed by atoms with Crippen LogP contribution >= 0.6 is 0 Å². The molecule has 0 heterocycles. The van der Waals surface area contributed by atoms with E-state index in [1.165, 1.54) is 44.1 Å². The molecule has 4 aromatic carbocycles. The van der Waals surface area contributed by atoms with Gasteiger partial charge in [-0.15, -0.1) is 6.58 Å². The molecule has 0 spiro atoms. The van der Waals surface area contributed by atoms with Crippen molar-refractivity contribution in [1.29, 1.82) is 0 Å². The van der Waals surface area contributed by atoms with Gasteiger partial charge in [0.05, 0.1) is 6.61 Å². The van der Waals surface area contributed by atoms with E-state index in [-0.39, 0.29) is 13.2 Å². The van der Waals surface area contributed by atoms with Crippen molar-refractivity contribution >= 4 is 0 Å². The summed E-state index contributed by atoms with van der Waals surface area (Å²) >= 11 is 0. The van der Waals surface area contributed by atoms with E-state index in [0.717, 1.165) is 35.8 Å². The molecule has 0 aliphatic carbocycles. The van der Waals surface area contributed by atoms with Crippen LogP contribution in [-0.2, 0) is 13.2 Å². The average Bonchev–Trinajstić information content (AvgIpc) is 3.03. The van der Waals surface area contributed by atoms with Crippen molar-refractivity contribution in [3.05, 3.63) is 133 Å². The Morgan fingerprint density at radius 3 is 1.37 bits per heavy atom. The molecular formula is C39H52O4. The van der Waals surface area contributed by atoms with Gasteiger partial charge in [0.15, 0.2) is 0 Å². The summed E-state index contributed by atoms with van der Waals surface area (Å²) in [6.45, 7) is 9.45. The molecule has 0 bridgehead atoms. The van der Waals surface area contributed by atoms with Crippen LogP contribution in [0.4, 0.5) is 0 Å². The van der Waals surface area contributed by atoms with Gasteiger partial charge >= 0.3 is 0 Å². The van der Waals surface area contributed by atoms with Crippen LogP contribution in [0.2, 0.25) is 0 Å². The fourth-order valence-corrected chi connectivity index (χ4v) is 3.91. The van der Waals surface area contributed by atoms with Crippen molar-refractivity contribution in [2.45, 2.75) is 79.4 Å². The zero-order chi connectivity index (χ0) is 30.1. The number of phenolic OH excluding ortho intramolecular Hbond substituents is 1. The third kappa shape index (κ3) is 18.1. The van der Waals surface area contributed by atoms with E-state index >= 15 is 0 Å². The van der Waals surface area contributed by atoms with Gasteiger partial charge in [0.2, 0.25) is 0 Å². The number of phenols is 1. The lowest BCUT2D eigenvalue weighted by atomic mass is 10.1. The second-order valence-electron chi connectivity index (χ2n) is 9.89. The summed E-state index contributed by atoms with van der Waals surface area (Å²) in [7, 11) is 0. The fourth-order valence-electron chi connectivity index (χ4n) is 3.91. The molecular weight excluding hydrogens is 532 g/mol. The predicted molar refractivity (Wildman–Crippen MR) is 182 cm³/mol. The van der Waals surface area contributed by atoms with E-state index < -0.39 is 0 Å². The molecule has 4 nitrogen and oxygen atoms in total. The van der Waals surface area contributed by atoms with Gasteiger partial charge in [-0.1, -0.05) is 120 Å². The van der Waals surface area contributed by atoms with E-state index in [4.69, 9.17) is 19.3 Å². The molecule has 0 fully saturated rings. The van der Waals surface area contributed by atoms with Crippen LogP contribution in [-0.4, -0.2) is 11.7 Å². The maximum absolute atomic E-state index is 9.09. The number of unbranched alkanes of at least 4 members (excludes halogenated alkanes) is 6. The molecule has 4 aromatic rings. The van der Waals surface area contributed by atoms with Gasteiger partial charge in [0.25, 0.3) is 0 Å². The van der Waals surface area contributed by atoms with E-state index in [9.17, 15) is 0 Å². The minimum atomic E-state index is 0. The van der Waals surface area contributed by atoms with Crippen LogP contribution in [0, 0.1) is 0 Å². The van der Waals surface area contributed by atoms with Gasteiger partial charge in [0, 0.05) is 0 Å². The van der Waals surface area contributed by atoms with Crippen LogP contribution in [0.5, 0.6) is 23.0 Å². The van der Waals surface area contributed by atoms with Gasteiger partial charge in [-0.3, -0.25) is 0 Å². The van der Waals surface area contributed by atoms with Gasteiger partial charge in [-0.25, -0.2) is 0 Å². The minimum absolute atomic E-state index is 0. The predicted octanol–water partition coefficient (Wildman–Crippen LogP) is 11.2. The van der Waals surface area contributed by atoms with E-state index in [1.54, 1.807) is 30.3 Å². The third-order valence-electron chi connectivity index (χ3n) is 6.17. The number of hydrogen-bond donors (Lipinski definition) is 1. The molecule has 0 saturated carbocycles. The number of hydrogen-bond acceptors (Lipinski definition) is 4. The van der Waals surface area contributed by atoms with Gasteiger partial charge in [-0.2, -0.15) is 0 Å². The van der Waals surface area contributed by atoms with Crippen molar-refractivity contribution in [1.82, 2.24) is 0 Å². The van der Waals surface area contributed by atoms with Gasteiger partial charge < -0.3 is 19.3 Å². The van der Waals surface area contributed by atoms with Crippen LogP contribution < -0.4 is 14.2 Å². The zero-order valence-corrected chi connectivity index (χ0v) is 25.4. The first-order chi connectivity index (χ1) is 20.6. The minimum Gasteiger partial charge on any atom is -0.508 e. The topological polar surface area (TPSA) is 47.9 Å². The van der Waals surface area contributed by atoms with Crippen molar-refractivity contribution < 1.29 is 19.3 Å². The summed E-state index contributed by atoms with van der Waals surface area (Å²) < 4.78 is 17.1. The second-order valence-corrected chi connectivity index (χ2v) is 9.89. The Morgan fingerprint density at radius 2 is 0.930 bits per heavy atom. The average molecular weight is 585 g/mol. The summed E-state index contributed by atoms with van der Waals surface area (Å²) in [5, 5.41) is 9.09. The molecule has 0 atom stereocenters. The molecule has 0 unspecified atom stereocenters. The molecule has 43 heavy (non-hydrogen) atoms. The summed E-state index contributed by atoms with van der Waals surface area (Å²) in [4.78, 5) is 0. The lowest BCUT2D eigenvalue weighted by Crippen LogP contribution is -1.98. The Kier molecular flexibility index (Phi) is 20.9. The van der Waals surface area contributed by atoms with Crippen LogP contribution in [0.15, 0.2) is 122 Å². The Balaban J connectivity index is 0.000000417. The number of benzene rings is 4. The summed E-state index contributed by atoms with van der Waals surface area (Å²) in [5.74, 6) is 2.81. The molecule has 0 amide bonds. The number of ether oxygens (including phenoxy) is 3. The first kappa shape index (κ1) is 36.8. The molecule has 4 rings (SSSR count). The molecule has 0 aromatic heterocycles. The molecule has 0 aliphatic heterocycles. The van der Waals surface area contributed by atoms with Crippen LogP contribution in [0.3, 0.4) is 0 Å². The Labute approximate surface area is 261 Å². The highest BCUT2D eigenvalue weighted by molar-refractivity contribution is 5.32. The first-order valence-corrected chi connectivity index (χ1v) is 15.1. The van der Waals surface area contributed by atoms with Gasteiger partial charge in [-0.05, 0) is 73.0 Å². The maximum Gasteiger partial charge on any atom is 0.120 e. The molecule has 0 aliphatic rings. The Hall–Kier alpha value is -4.18. The van der Waals surface area contributed by atoms with Gasteiger partial charge in [0.1, 0.15) is 36.2 Å². The third-order valence-corrected chi connectivity index (χ3v) is 6.17. The lowest BCUT2D eigenvalue weighted by Gasteiger charge is -2.09. The van der Waals surface area contributed by atoms with Crippen molar-refractivity contribution in [3.63, 3.8) is 0 Å². The summed E-state index contributed by atoms with van der Waals surface area (Å²) in [6.07, 6.45) is 10.9. The smallest absolute Gasteiger partial charge is 0.120 e. The largest absolute Gasteiger partial charge is 0.508 e. The van der Waals surface area contributed by atoms with Crippen LogP contribution in [0.25, 0.3) is 0 Å². The second kappa shape index (κ2) is 24.4. The highest BCUT2D eigenvalue weighted by atomic mass is 16.5. The van der Waals surface area contributed by atoms with Crippen molar-refractivity contribution in [2.75, 3.05) is 6.61 Å². The molecule has 4 heteroatoms. The van der Waals surface area contributed by atoms with E-state index in [1.807, 2.05) is 79.7 Å². The molecule has 1 N–H and O–H groups in total. The molecule has 0 radical (unpaired) electrons. The number of rotatable bonds is 15. The lowest BCUT2D eigenvalue weighted by molar-refractivity contribution is 0.296. The zero-order valence-electron chi connectivity index (χ0n) is 25.4. The van der Waals surface area contributed by atoms with E-state index in [0.29, 0.717) is 13.2 Å². The molecule has 0 saturated heterocycles. The Morgan fingerprint density at radius 1 is 0.558 bits per heavy atom. The summed E-state index contributed by atoms with van der Waals surface area (Å²) in [5.41, 5.74) is 2.31. The van der Waals surface area contributed by atoms with Crippen molar-refractivity contribution in [3.8, 4) is 23.0 Å². The molecule has 232 valence electrons. The maximum atomic E-state index is 9.09. The number of aromatic hydroxyl groups is 1. The first-order valence-electron chi connectivity index (χ1n) is 15.1. The number of allylic oxidation sites excluding steroid dienone is 1. The normalized spacial score (nSPS) is 9.63. The monoisotopic (exact) mass is 584 g/mol. The van der Waals surface area contributed by atoms with Crippen LogP contribution in [0.1, 0.15) is 77.3 Å². The fraction of sp³-hybridized carbons (Fsp3) is 0.333. The summed E-state index contributed by atoms with van der Waals surface area (Å²) in [6, 6.07) is 34.8. The van der Waals surface area contributed by atoms with E-state index in [2.05, 4.69) is 25.6 Å². The highest BCUT2D eigenvalue weighted by Crippen LogP contribution is 2.19.